The van der Waals surface area contributed by atoms with E-state index in [2.05, 4.69) is 21.5 Å². The van der Waals surface area contributed by atoms with E-state index in [1.807, 2.05) is 32.2 Å². The van der Waals surface area contributed by atoms with Gasteiger partial charge in [-0.15, -0.1) is 0 Å². The summed E-state index contributed by atoms with van der Waals surface area (Å²) in [6.45, 7) is 2.70. The summed E-state index contributed by atoms with van der Waals surface area (Å²) in [4.78, 5) is 4.16. The van der Waals surface area contributed by atoms with Crippen LogP contribution in [0.3, 0.4) is 0 Å². The maximum atomic E-state index is 9.04. The SMILES string of the molecule is Cc1cccc(C#N)c1NCCc1ncn(C)n1. The molecule has 0 bridgehead atoms. The lowest BCUT2D eigenvalue weighted by Gasteiger charge is -2.10. The monoisotopic (exact) mass is 241 g/mol. The van der Waals surface area contributed by atoms with Gasteiger partial charge < -0.3 is 5.32 Å². The average Bonchev–Trinajstić information content (AvgIpc) is 2.77. The third-order valence-corrected chi connectivity index (χ3v) is 2.69. The minimum atomic E-state index is 0.670. The van der Waals surface area contributed by atoms with Gasteiger partial charge in [-0.05, 0) is 18.6 Å². The van der Waals surface area contributed by atoms with Gasteiger partial charge in [-0.25, -0.2) is 4.98 Å². The standard InChI is InChI=1S/C13H15N5/c1-10-4-3-5-11(8-14)13(10)15-7-6-12-16-9-18(2)17-12/h3-5,9,15H,6-7H2,1-2H3. The fraction of sp³-hybridized carbons (Fsp3) is 0.308. The van der Waals surface area contributed by atoms with Crippen molar-refractivity contribution in [2.45, 2.75) is 13.3 Å². The van der Waals surface area contributed by atoms with Gasteiger partial charge in [0.15, 0.2) is 5.82 Å². The minimum absolute atomic E-state index is 0.670. The summed E-state index contributed by atoms with van der Waals surface area (Å²) in [6, 6.07) is 7.88. The number of nitriles is 1. The van der Waals surface area contributed by atoms with Gasteiger partial charge in [-0.3, -0.25) is 4.68 Å². The van der Waals surface area contributed by atoms with Crippen molar-refractivity contribution in [1.82, 2.24) is 14.8 Å². The van der Waals surface area contributed by atoms with E-state index in [1.54, 1.807) is 11.0 Å². The summed E-state index contributed by atoms with van der Waals surface area (Å²) in [5.74, 6) is 0.803. The Morgan fingerprint density at radius 2 is 2.28 bits per heavy atom. The molecule has 5 nitrogen and oxygen atoms in total. The Bertz CT molecular complexity index is 579. The summed E-state index contributed by atoms with van der Waals surface area (Å²) in [7, 11) is 1.85. The lowest BCUT2D eigenvalue weighted by atomic mass is 10.1. The highest BCUT2D eigenvalue weighted by Gasteiger charge is 2.05. The predicted octanol–water partition coefficient (Wildman–Crippen LogP) is 1.65. The number of rotatable bonds is 4. The number of para-hydroxylation sites is 1. The van der Waals surface area contributed by atoms with E-state index in [1.165, 1.54) is 0 Å². The van der Waals surface area contributed by atoms with Crippen LogP contribution in [0.15, 0.2) is 24.5 Å². The zero-order chi connectivity index (χ0) is 13.0. The second kappa shape index (κ2) is 5.32. The molecule has 1 N–H and O–H groups in total. The number of hydrogen-bond acceptors (Lipinski definition) is 4. The summed E-state index contributed by atoms with van der Waals surface area (Å²) < 4.78 is 1.68. The number of benzene rings is 1. The fourth-order valence-corrected chi connectivity index (χ4v) is 1.79. The van der Waals surface area contributed by atoms with Crippen molar-refractivity contribution in [2.75, 3.05) is 11.9 Å². The molecule has 0 aliphatic rings. The molecule has 0 unspecified atom stereocenters. The molecule has 5 heteroatoms. The number of nitrogens with zero attached hydrogens (tertiary/aromatic N) is 4. The molecule has 18 heavy (non-hydrogen) atoms. The third-order valence-electron chi connectivity index (χ3n) is 2.69. The van der Waals surface area contributed by atoms with Crippen LogP contribution in [0, 0.1) is 18.3 Å². The zero-order valence-corrected chi connectivity index (χ0v) is 10.5. The fourth-order valence-electron chi connectivity index (χ4n) is 1.79. The van der Waals surface area contributed by atoms with Gasteiger partial charge in [0.25, 0.3) is 0 Å². The van der Waals surface area contributed by atoms with Crippen LogP contribution in [0.25, 0.3) is 0 Å². The molecule has 0 spiro atoms. The Balaban J connectivity index is 2.00. The van der Waals surface area contributed by atoms with Gasteiger partial charge in [0.05, 0.1) is 11.3 Å². The number of anilines is 1. The van der Waals surface area contributed by atoms with Crippen molar-refractivity contribution in [1.29, 1.82) is 5.26 Å². The molecule has 1 heterocycles. The molecule has 0 radical (unpaired) electrons. The molecular weight excluding hydrogens is 226 g/mol. The van der Waals surface area contributed by atoms with Crippen LogP contribution in [-0.2, 0) is 13.5 Å². The van der Waals surface area contributed by atoms with Crippen molar-refractivity contribution < 1.29 is 0 Å². The third kappa shape index (κ3) is 2.66. The maximum Gasteiger partial charge on any atom is 0.152 e. The zero-order valence-electron chi connectivity index (χ0n) is 10.5. The van der Waals surface area contributed by atoms with Crippen LogP contribution in [0.5, 0.6) is 0 Å². The molecule has 1 aromatic heterocycles. The van der Waals surface area contributed by atoms with Gasteiger partial charge in [-0.1, -0.05) is 12.1 Å². The van der Waals surface area contributed by atoms with Gasteiger partial charge >= 0.3 is 0 Å². The molecule has 0 fully saturated rings. The Morgan fingerprint density at radius 3 is 2.94 bits per heavy atom. The predicted molar refractivity (Wildman–Crippen MR) is 69.1 cm³/mol. The first-order chi connectivity index (χ1) is 8.70. The first-order valence-corrected chi connectivity index (χ1v) is 5.79. The average molecular weight is 241 g/mol. The van der Waals surface area contributed by atoms with Crippen molar-refractivity contribution in [2.24, 2.45) is 7.05 Å². The van der Waals surface area contributed by atoms with Crippen molar-refractivity contribution in [3.63, 3.8) is 0 Å². The molecule has 2 rings (SSSR count). The number of aryl methyl sites for hydroxylation is 2. The second-order valence-electron chi connectivity index (χ2n) is 4.12. The number of hydrogen-bond donors (Lipinski definition) is 1. The maximum absolute atomic E-state index is 9.04. The summed E-state index contributed by atoms with van der Waals surface area (Å²) in [5.41, 5.74) is 2.64. The molecule has 2 aromatic rings. The summed E-state index contributed by atoms with van der Waals surface area (Å²) in [6.07, 6.45) is 2.42. The Hall–Kier alpha value is -2.35. The topological polar surface area (TPSA) is 66.5 Å². The molecule has 92 valence electrons. The first kappa shape index (κ1) is 12.1. The quantitative estimate of drug-likeness (QED) is 0.883. The van der Waals surface area contributed by atoms with Crippen LogP contribution in [-0.4, -0.2) is 21.3 Å². The number of nitrogens with one attached hydrogen (secondary N) is 1. The van der Waals surface area contributed by atoms with E-state index in [0.29, 0.717) is 12.1 Å². The highest BCUT2D eigenvalue weighted by Crippen LogP contribution is 2.19. The van der Waals surface area contributed by atoms with Crippen molar-refractivity contribution in [3.8, 4) is 6.07 Å². The van der Waals surface area contributed by atoms with Crippen LogP contribution in [0.4, 0.5) is 5.69 Å². The van der Waals surface area contributed by atoms with Gasteiger partial charge in [0.1, 0.15) is 12.4 Å². The molecule has 0 atom stereocenters. The molecular formula is C13H15N5. The van der Waals surface area contributed by atoms with Crippen LogP contribution < -0.4 is 5.32 Å². The van der Waals surface area contributed by atoms with Gasteiger partial charge in [-0.2, -0.15) is 10.4 Å². The summed E-state index contributed by atoms with van der Waals surface area (Å²) in [5, 5.41) is 16.5. The molecule has 0 amide bonds. The minimum Gasteiger partial charge on any atom is -0.383 e. The van der Waals surface area contributed by atoms with Crippen molar-refractivity contribution >= 4 is 5.69 Å². The van der Waals surface area contributed by atoms with E-state index in [4.69, 9.17) is 5.26 Å². The molecule has 0 aliphatic heterocycles. The molecule has 0 saturated heterocycles. The van der Waals surface area contributed by atoms with E-state index in [-0.39, 0.29) is 0 Å². The van der Waals surface area contributed by atoms with E-state index in [0.717, 1.165) is 23.5 Å². The Morgan fingerprint density at radius 1 is 1.44 bits per heavy atom. The van der Waals surface area contributed by atoms with E-state index < -0.39 is 0 Å². The Kier molecular flexibility index (Phi) is 3.58. The first-order valence-electron chi connectivity index (χ1n) is 5.79. The van der Waals surface area contributed by atoms with Crippen molar-refractivity contribution in [3.05, 3.63) is 41.5 Å². The van der Waals surface area contributed by atoms with Crippen LogP contribution in [0.2, 0.25) is 0 Å². The second-order valence-corrected chi connectivity index (χ2v) is 4.12. The Labute approximate surface area is 106 Å². The molecule has 0 aliphatic carbocycles. The molecule has 1 aromatic carbocycles. The van der Waals surface area contributed by atoms with E-state index in [9.17, 15) is 0 Å². The summed E-state index contributed by atoms with van der Waals surface area (Å²) >= 11 is 0. The van der Waals surface area contributed by atoms with Gasteiger partial charge in [0, 0.05) is 20.0 Å². The highest BCUT2D eigenvalue weighted by molar-refractivity contribution is 5.62. The van der Waals surface area contributed by atoms with Gasteiger partial charge in [0.2, 0.25) is 0 Å². The van der Waals surface area contributed by atoms with Crippen LogP contribution >= 0.6 is 0 Å². The van der Waals surface area contributed by atoms with E-state index >= 15 is 0 Å². The normalized spacial score (nSPS) is 10.1. The lowest BCUT2D eigenvalue weighted by Crippen LogP contribution is -2.08. The highest BCUT2D eigenvalue weighted by atomic mass is 15.3. The largest absolute Gasteiger partial charge is 0.383 e. The lowest BCUT2D eigenvalue weighted by molar-refractivity contribution is 0.742. The van der Waals surface area contributed by atoms with Crippen LogP contribution in [0.1, 0.15) is 17.0 Å². The smallest absolute Gasteiger partial charge is 0.152 e. The number of aromatic nitrogens is 3. The molecule has 0 saturated carbocycles.